The number of aromatic nitrogens is 2. The maximum absolute atomic E-state index is 10.8. The van der Waals surface area contributed by atoms with Crippen molar-refractivity contribution in [3.8, 4) is 6.01 Å². The molecule has 2 rings (SSSR count). The summed E-state index contributed by atoms with van der Waals surface area (Å²) in [6.07, 6.45) is 0. The minimum atomic E-state index is -1.24. The third-order valence-electron chi connectivity index (χ3n) is 1.85. The van der Waals surface area contributed by atoms with Crippen molar-refractivity contribution in [1.82, 2.24) is 9.97 Å². The molecule has 0 aliphatic rings. The van der Waals surface area contributed by atoms with Crippen LogP contribution in [0.15, 0.2) is 18.2 Å². The van der Waals surface area contributed by atoms with E-state index in [0.29, 0.717) is 15.9 Å². The summed E-state index contributed by atoms with van der Waals surface area (Å²) >= 11 is 5.72. The summed E-state index contributed by atoms with van der Waals surface area (Å²) < 4.78 is 0. The number of aromatic hydroxyl groups is 1. The van der Waals surface area contributed by atoms with Crippen LogP contribution >= 0.6 is 11.6 Å². The molecule has 0 aliphatic carbocycles. The van der Waals surface area contributed by atoms with Crippen LogP contribution in [-0.4, -0.2) is 26.2 Å². The smallest absolute Gasteiger partial charge is 0.355 e. The summed E-state index contributed by atoms with van der Waals surface area (Å²) in [7, 11) is 0. The molecular formula is C9H5ClN2O3. The Bertz CT molecular complexity index is 556. The standard InChI is InChI=1S/C9H5ClN2O3/c10-4-1-2-6-5(3-4)7(8(13)14)12-9(15)11-6/h1-3H,(H,13,14)(H,11,12,15). The molecule has 6 heteroatoms. The van der Waals surface area contributed by atoms with E-state index in [2.05, 4.69) is 9.97 Å². The summed E-state index contributed by atoms with van der Waals surface area (Å²) in [6.45, 7) is 0. The first-order valence-electron chi connectivity index (χ1n) is 3.97. The van der Waals surface area contributed by atoms with Crippen LogP contribution in [-0.2, 0) is 0 Å². The molecule has 0 bridgehead atoms. The molecule has 0 unspecified atom stereocenters. The first-order valence-corrected chi connectivity index (χ1v) is 4.35. The highest BCUT2D eigenvalue weighted by molar-refractivity contribution is 6.31. The first kappa shape index (κ1) is 9.67. The summed E-state index contributed by atoms with van der Waals surface area (Å²) in [5, 5.41) is 18.7. The lowest BCUT2D eigenvalue weighted by Gasteiger charge is -2.02. The van der Waals surface area contributed by atoms with Gasteiger partial charge in [0.05, 0.1) is 5.52 Å². The normalized spacial score (nSPS) is 10.5. The number of hydrogen-bond donors (Lipinski definition) is 2. The average Bonchev–Trinajstić information content (AvgIpc) is 2.17. The predicted octanol–water partition coefficient (Wildman–Crippen LogP) is 1.69. The fraction of sp³-hybridized carbons (Fsp3) is 0. The Kier molecular flexibility index (Phi) is 2.17. The topological polar surface area (TPSA) is 83.3 Å². The van der Waals surface area contributed by atoms with Crippen LogP contribution in [0.25, 0.3) is 10.9 Å². The van der Waals surface area contributed by atoms with E-state index in [4.69, 9.17) is 21.8 Å². The van der Waals surface area contributed by atoms with Crippen molar-refractivity contribution < 1.29 is 15.0 Å². The highest BCUT2D eigenvalue weighted by atomic mass is 35.5. The molecule has 1 aromatic carbocycles. The summed E-state index contributed by atoms with van der Waals surface area (Å²) in [4.78, 5) is 17.9. The van der Waals surface area contributed by atoms with Gasteiger partial charge < -0.3 is 10.2 Å². The third kappa shape index (κ3) is 1.69. The van der Waals surface area contributed by atoms with Crippen LogP contribution in [0.3, 0.4) is 0 Å². The van der Waals surface area contributed by atoms with Gasteiger partial charge in [-0.2, -0.15) is 9.97 Å². The summed E-state index contributed by atoms with van der Waals surface area (Å²) in [5.41, 5.74) is 0.0734. The zero-order chi connectivity index (χ0) is 11.0. The van der Waals surface area contributed by atoms with Gasteiger partial charge in [-0.05, 0) is 18.2 Å². The van der Waals surface area contributed by atoms with E-state index in [-0.39, 0.29) is 5.69 Å². The lowest BCUT2D eigenvalue weighted by Crippen LogP contribution is -2.02. The minimum absolute atomic E-state index is 0.264. The Morgan fingerprint density at radius 1 is 1.33 bits per heavy atom. The van der Waals surface area contributed by atoms with Gasteiger partial charge in [0.2, 0.25) is 0 Å². The molecule has 0 radical (unpaired) electrons. The second kappa shape index (κ2) is 3.36. The number of benzene rings is 1. The molecule has 0 spiro atoms. The SMILES string of the molecule is O=C(O)c1nc(O)nc2ccc(Cl)cc12. The van der Waals surface area contributed by atoms with Crippen LogP contribution in [0.2, 0.25) is 5.02 Å². The van der Waals surface area contributed by atoms with Crippen LogP contribution < -0.4 is 0 Å². The quantitative estimate of drug-likeness (QED) is 0.770. The van der Waals surface area contributed by atoms with Gasteiger partial charge in [-0.25, -0.2) is 4.79 Å². The molecule has 0 amide bonds. The van der Waals surface area contributed by atoms with E-state index in [0.717, 1.165) is 0 Å². The molecule has 0 saturated carbocycles. The Balaban J connectivity index is 2.87. The largest absolute Gasteiger partial charge is 0.479 e. The highest BCUT2D eigenvalue weighted by Crippen LogP contribution is 2.22. The zero-order valence-corrected chi connectivity index (χ0v) is 8.06. The predicted molar refractivity (Wildman–Crippen MR) is 53.2 cm³/mol. The molecule has 0 aliphatic heterocycles. The van der Waals surface area contributed by atoms with Crippen LogP contribution in [0, 0.1) is 0 Å². The van der Waals surface area contributed by atoms with Gasteiger partial charge in [0.15, 0.2) is 5.69 Å². The molecule has 1 heterocycles. The number of carboxylic acid groups (broad SMARTS) is 1. The van der Waals surface area contributed by atoms with Gasteiger partial charge in [-0.15, -0.1) is 0 Å². The van der Waals surface area contributed by atoms with E-state index in [1.807, 2.05) is 0 Å². The maximum atomic E-state index is 10.8. The first-order chi connectivity index (χ1) is 7.08. The van der Waals surface area contributed by atoms with Crippen molar-refractivity contribution in [3.05, 3.63) is 28.9 Å². The van der Waals surface area contributed by atoms with E-state index in [9.17, 15) is 4.79 Å². The number of rotatable bonds is 1. The Hall–Kier alpha value is -1.88. The molecular weight excluding hydrogens is 220 g/mol. The minimum Gasteiger partial charge on any atom is -0.479 e. The Morgan fingerprint density at radius 3 is 2.73 bits per heavy atom. The Labute approximate surface area is 89.0 Å². The number of nitrogens with zero attached hydrogens (tertiary/aromatic N) is 2. The van der Waals surface area contributed by atoms with Gasteiger partial charge in [0.1, 0.15) is 0 Å². The van der Waals surface area contributed by atoms with E-state index in [1.54, 1.807) is 6.07 Å². The molecule has 0 saturated heterocycles. The molecule has 0 atom stereocenters. The number of carbonyl (C=O) groups is 1. The highest BCUT2D eigenvalue weighted by Gasteiger charge is 2.13. The van der Waals surface area contributed by atoms with Crippen LogP contribution in [0.1, 0.15) is 10.5 Å². The number of halogens is 1. The fourth-order valence-electron chi connectivity index (χ4n) is 1.25. The number of aromatic carboxylic acids is 1. The summed E-state index contributed by atoms with van der Waals surface area (Å²) in [6, 6.07) is 3.95. The summed E-state index contributed by atoms with van der Waals surface area (Å²) in [5.74, 6) is -1.24. The van der Waals surface area contributed by atoms with E-state index < -0.39 is 12.0 Å². The second-order valence-electron chi connectivity index (χ2n) is 2.84. The van der Waals surface area contributed by atoms with Gasteiger partial charge >= 0.3 is 12.0 Å². The molecule has 1 aromatic heterocycles. The molecule has 0 fully saturated rings. The molecule has 76 valence electrons. The van der Waals surface area contributed by atoms with Gasteiger partial charge in [0.25, 0.3) is 0 Å². The number of fused-ring (bicyclic) bond motifs is 1. The third-order valence-corrected chi connectivity index (χ3v) is 2.08. The molecule has 2 N–H and O–H groups in total. The lowest BCUT2D eigenvalue weighted by atomic mass is 10.2. The second-order valence-corrected chi connectivity index (χ2v) is 3.28. The van der Waals surface area contributed by atoms with E-state index in [1.165, 1.54) is 12.1 Å². The van der Waals surface area contributed by atoms with Crippen molar-refractivity contribution in [2.24, 2.45) is 0 Å². The van der Waals surface area contributed by atoms with Gasteiger partial charge in [0, 0.05) is 10.4 Å². The average molecular weight is 225 g/mol. The molecule has 2 aromatic rings. The van der Waals surface area contributed by atoms with Crippen LogP contribution in [0.5, 0.6) is 6.01 Å². The number of carboxylic acids is 1. The zero-order valence-electron chi connectivity index (χ0n) is 7.31. The van der Waals surface area contributed by atoms with Crippen molar-refractivity contribution >= 4 is 28.5 Å². The van der Waals surface area contributed by atoms with E-state index >= 15 is 0 Å². The van der Waals surface area contributed by atoms with Gasteiger partial charge in [-0.3, -0.25) is 0 Å². The van der Waals surface area contributed by atoms with Crippen molar-refractivity contribution in [2.75, 3.05) is 0 Å². The monoisotopic (exact) mass is 224 g/mol. The fourth-order valence-corrected chi connectivity index (χ4v) is 1.42. The van der Waals surface area contributed by atoms with Crippen LogP contribution in [0.4, 0.5) is 0 Å². The molecule has 5 nitrogen and oxygen atoms in total. The van der Waals surface area contributed by atoms with Crippen molar-refractivity contribution in [2.45, 2.75) is 0 Å². The maximum Gasteiger partial charge on any atom is 0.355 e. The van der Waals surface area contributed by atoms with Crippen molar-refractivity contribution in [1.29, 1.82) is 0 Å². The number of hydrogen-bond acceptors (Lipinski definition) is 4. The van der Waals surface area contributed by atoms with Crippen molar-refractivity contribution in [3.63, 3.8) is 0 Å². The molecule has 15 heavy (non-hydrogen) atoms. The Morgan fingerprint density at radius 2 is 2.07 bits per heavy atom. The van der Waals surface area contributed by atoms with Gasteiger partial charge in [-0.1, -0.05) is 11.6 Å². The lowest BCUT2D eigenvalue weighted by molar-refractivity contribution is 0.0691.